The first-order valence-corrected chi connectivity index (χ1v) is 8.17. The minimum Gasteiger partial charge on any atom is -0.323 e. The summed E-state index contributed by atoms with van der Waals surface area (Å²) in [5.41, 5.74) is 3.45. The third-order valence-electron chi connectivity index (χ3n) is 3.95. The second kappa shape index (κ2) is 5.46. The number of nitrogens with zero attached hydrogens (tertiary/aromatic N) is 5. The van der Waals surface area contributed by atoms with Crippen molar-refractivity contribution in [3.05, 3.63) is 48.0 Å². The Balaban J connectivity index is 1.67. The fourth-order valence-corrected chi connectivity index (χ4v) is 3.57. The van der Waals surface area contributed by atoms with Crippen molar-refractivity contribution in [1.29, 1.82) is 0 Å². The van der Waals surface area contributed by atoms with Crippen LogP contribution in [-0.4, -0.2) is 25.2 Å². The molecule has 0 radical (unpaired) electrons. The summed E-state index contributed by atoms with van der Waals surface area (Å²) < 4.78 is 2.12. The van der Waals surface area contributed by atoms with Gasteiger partial charge in [0.25, 0.3) is 0 Å². The molecule has 0 N–H and O–H groups in total. The molecule has 0 fully saturated rings. The van der Waals surface area contributed by atoms with E-state index >= 15 is 0 Å². The number of fused-ring (bicyclic) bond motifs is 1. The number of hydrogen-bond donors (Lipinski definition) is 0. The number of aliphatic imine (C=N–C) groups is 1. The van der Waals surface area contributed by atoms with Crippen molar-refractivity contribution in [2.24, 2.45) is 4.99 Å². The molecular formula is C16H15N5S. The van der Waals surface area contributed by atoms with Gasteiger partial charge in [-0.3, -0.25) is 9.98 Å². The predicted molar refractivity (Wildman–Crippen MR) is 87.7 cm³/mol. The highest BCUT2D eigenvalue weighted by Crippen LogP contribution is 2.37. The molecule has 6 heteroatoms. The smallest absolute Gasteiger partial charge is 0.169 e. The predicted octanol–water partition coefficient (Wildman–Crippen LogP) is 3.68. The van der Waals surface area contributed by atoms with Crippen LogP contribution in [0, 0.1) is 0 Å². The van der Waals surface area contributed by atoms with Gasteiger partial charge < -0.3 is 4.57 Å². The third kappa shape index (κ3) is 2.16. The Labute approximate surface area is 132 Å². The maximum atomic E-state index is 4.81. The van der Waals surface area contributed by atoms with Gasteiger partial charge >= 0.3 is 0 Å². The summed E-state index contributed by atoms with van der Waals surface area (Å²) in [6.07, 6.45) is 10.4. The molecule has 0 saturated carbocycles. The van der Waals surface area contributed by atoms with E-state index in [1.54, 1.807) is 17.5 Å². The number of aromatic nitrogens is 4. The van der Waals surface area contributed by atoms with Gasteiger partial charge in [-0.25, -0.2) is 9.97 Å². The first-order chi connectivity index (χ1) is 10.9. The summed E-state index contributed by atoms with van der Waals surface area (Å²) in [7, 11) is 0. The number of rotatable bonds is 4. The third-order valence-corrected chi connectivity index (χ3v) is 4.72. The molecule has 1 aliphatic rings. The summed E-state index contributed by atoms with van der Waals surface area (Å²) in [5.74, 6) is 1.25. The van der Waals surface area contributed by atoms with E-state index in [9.17, 15) is 0 Å². The zero-order valence-electron chi connectivity index (χ0n) is 12.2. The molecule has 0 saturated heterocycles. The largest absolute Gasteiger partial charge is 0.323 e. The van der Waals surface area contributed by atoms with Gasteiger partial charge in [0.1, 0.15) is 0 Å². The standard InChI is InChI=1S/C16H15N5S/c1-2-11-12-9-17-4-3-13(12)20-14(11)10-21-7-5-18-15(21)16-19-6-8-22-16/h3-9,11H,2,10H2,1H3. The SMILES string of the molecule is CCC1C(Cn2ccnc2-c2nccs2)=Nc2ccncc21. The highest BCUT2D eigenvalue weighted by atomic mass is 32.1. The fourth-order valence-electron chi connectivity index (χ4n) is 2.93. The Bertz CT molecular complexity index is 819. The van der Waals surface area contributed by atoms with E-state index in [0.717, 1.165) is 29.5 Å². The van der Waals surface area contributed by atoms with Crippen LogP contribution >= 0.6 is 11.3 Å². The van der Waals surface area contributed by atoms with Crippen molar-refractivity contribution in [2.75, 3.05) is 0 Å². The average molecular weight is 309 g/mol. The van der Waals surface area contributed by atoms with E-state index in [-0.39, 0.29) is 0 Å². The average Bonchev–Trinajstić information content (AvgIpc) is 3.26. The first-order valence-electron chi connectivity index (χ1n) is 7.29. The summed E-state index contributed by atoms with van der Waals surface area (Å²) in [6.45, 7) is 2.93. The molecule has 0 aromatic carbocycles. The van der Waals surface area contributed by atoms with E-state index in [4.69, 9.17) is 4.99 Å². The number of imidazole rings is 1. The molecule has 3 aromatic heterocycles. The number of thiazole rings is 1. The molecule has 5 nitrogen and oxygen atoms in total. The van der Waals surface area contributed by atoms with Crippen molar-refractivity contribution in [3.63, 3.8) is 0 Å². The van der Waals surface area contributed by atoms with E-state index in [0.29, 0.717) is 5.92 Å². The second-order valence-electron chi connectivity index (χ2n) is 5.21. The minimum absolute atomic E-state index is 0.343. The molecule has 0 aliphatic carbocycles. The fraction of sp³-hybridized carbons (Fsp3) is 0.250. The highest BCUT2D eigenvalue weighted by molar-refractivity contribution is 7.13. The summed E-state index contributed by atoms with van der Waals surface area (Å²) >= 11 is 1.60. The molecule has 0 amide bonds. The maximum Gasteiger partial charge on any atom is 0.169 e. The van der Waals surface area contributed by atoms with Crippen LogP contribution < -0.4 is 0 Å². The Morgan fingerprint density at radius 1 is 1.23 bits per heavy atom. The molecule has 1 unspecified atom stereocenters. The Kier molecular flexibility index (Phi) is 3.31. The van der Waals surface area contributed by atoms with Crippen LogP contribution in [0.2, 0.25) is 0 Å². The first kappa shape index (κ1) is 13.3. The van der Waals surface area contributed by atoms with E-state index < -0.39 is 0 Å². The molecule has 0 bridgehead atoms. The van der Waals surface area contributed by atoms with Crippen molar-refractivity contribution in [3.8, 4) is 10.8 Å². The zero-order valence-corrected chi connectivity index (χ0v) is 13.0. The lowest BCUT2D eigenvalue weighted by molar-refractivity contribution is 0.785. The van der Waals surface area contributed by atoms with Gasteiger partial charge in [0.05, 0.1) is 12.2 Å². The van der Waals surface area contributed by atoms with Crippen LogP contribution in [0.25, 0.3) is 10.8 Å². The summed E-state index contributed by atoms with van der Waals surface area (Å²) in [4.78, 5) is 17.9. The van der Waals surface area contributed by atoms with E-state index in [2.05, 4.69) is 26.4 Å². The highest BCUT2D eigenvalue weighted by Gasteiger charge is 2.26. The Hall–Kier alpha value is -2.34. The molecule has 1 atom stereocenters. The van der Waals surface area contributed by atoms with Gasteiger partial charge in [-0.1, -0.05) is 6.92 Å². The number of pyridine rings is 1. The maximum absolute atomic E-state index is 4.81. The normalized spacial score (nSPS) is 16.6. The molecule has 110 valence electrons. The van der Waals surface area contributed by atoms with Crippen LogP contribution in [0.5, 0.6) is 0 Å². The number of hydrogen-bond acceptors (Lipinski definition) is 5. The van der Waals surface area contributed by atoms with Crippen molar-refractivity contribution >= 4 is 22.7 Å². The van der Waals surface area contributed by atoms with Gasteiger partial charge in [0.2, 0.25) is 0 Å². The van der Waals surface area contributed by atoms with Crippen LogP contribution in [0.15, 0.2) is 47.4 Å². The molecule has 22 heavy (non-hydrogen) atoms. The second-order valence-corrected chi connectivity index (χ2v) is 6.11. The van der Waals surface area contributed by atoms with E-state index in [1.807, 2.05) is 36.2 Å². The molecular weight excluding hydrogens is 294 g/mol. The lowest BCUT2D eigenvalue weighted by Gasteiger charge is -2.13. The van der Waals surface area contributed by atoms with Crippen molar-refractivity contribution in [1.82, 2.24) is 19.5 Å². The zero-order chi connectivity index (χ0) is 14.9. The van der Waals surface area contributed by atoms with Crippen molar-refractivity contribution < 1.29 is 0 Å². The summed E-state index contributed by atoms with van der Waals surface area (Å²) in [5, 5.41) is 2.91. The lowest BCUT2D eigenvalue weighted by atomic mass is 9.94. The van der Waals surface area contributed by atoms with Crippen LogP contribution in [0.4, 0.5) is 5.69 Å². The van der Waals surface area contributed by atoms with Crippen LogP contribution in [0.3, 0.4) is 0 Å². The van der Waals surface area contributed by atoms with E-state index in [1.165, 1.54) is 11.3 Å². The molecule has 1 aliphatic heterocycles. The molecule has 0 spiro atoms. The molecule has 4 heterocycles. The van der Waals surface area contributed by atoms with Gasteiger partial charge in [0, 0.05) is 53.6 Å². The van der Waals surface area contributed by atoms with Crippen LogP contribution in [-0.2, 0) is 6.54 Å². The monoisotopic (exact) mass is 309 g/mol. The molecule has 4 rings (SSSR count). The quantitative estimate of drug-likeness (QED) is 0.738. The van der Waals surface area contributed by atoms with Gasteiger partial charge in [-0.2, -0.15) is 0 Å². The molecule has 3 aromatic rings. The van der Waals surface area contributed by atoms with Gasteiger partial charge in [-0.15, -0.1) is 11.3 Å². The summed E-state index contributed by atoms with van der Waals surface area (Å²) in [6, 6.07) is 1.99. The topological polar surface area (TPSA) is 56.0 Å². The van der Waals surface area contributed by atoms with Gasteiger partial charge in [-0.05, 0) is 12.5 Å². The van der Waals surface area contributed by atoms with Gasteiger partial charge in [0.15, 0.2) is 10.8 Å². The van der Waals surface area contributed by atoms with Crippen molar-refractivity contribution in [2.45, 2.75) is 25.8 Å². The van der Waals surface area contributed by atoms with Crippen LogP contribution in [0.1, 0.15) is 24.8 Å². The minimum atomic E-state index is 0.343. The Morgan fingerprint density at radius 3 is 3.00 bits per heavy atom. The Morgan fingerprint density at radius 2 is 2.18 bits per heavy atom. The lowest BCUT2D eigenvalue weighted by Crippen LogP contribution is -2.15.